The lowest BCUT2D eigenvalue weighted by atomic mass is 9.97. The number of ether oxygens (including phenoxy) is 1. The van der Waals surface area contributed by atoms with Crippen molar-refractivity contribution in [2.24, 2.45) is 0 Å². The summed E-state index contributed by atoms with van der Waals surface area (Å²) in [4.78, 5) is 21.5. The highest BCUT2D eigenvalue weighted by Gasteiger charge is 2.17. The van der Waals surface area contributed by atoms with E-state index in [4.69, 9.17) is 21.4 Å². The van der Waals surface area contributed by atoms with Crippen molar-refractivity contribution in [3.05, 3.63) is 94.4 Å². The minimum atomic E-state index is -0.276. The molecule has 0 aliphatic rings. The Labute approximate surface area is 221 Å². The third-order valence-electron chi connectivity index (χ3n) is 6.07. The van der Waals surface area contributed by atoms with Crippen molar-refractivity contribution in [2.45, 2.75) is 20.4 Å². The van der Waals surface area contributed by atoms with Crippen LogP contribution >= 0.6 is 11.6 Å². The number of aliphatic hydroxyl groups excluding tert-OH is 1. The molecule has 190 valence electrons. The maximum atomic E-state index is 12.8. The molecule has 2 aromatic heterocycles. The Bertz CT molecular complexity index is 1410. The zero-order valence-corrected chi connectivity index (χ0v) is 21.8. The van der Waals surface area contributed by atoms with Gasteiger partial charge < -0.3 is 20.5 Å². The van der Waals surface area contributed by atoms with E-state index in [-0.39, 0.29) is 12.5 Å². The summed E-state index contributed by atoms with van der Waals surface area (Å²) in [5.41, 5.74) is 7.01. The highest BCUT2D eigenvalue weighted by atomic mass is 35.5. The maximum Gasteiger partial charge on any atom is 0.274 e. The molecule has 7 nitrogen and oxygen atoms in total. The number of amides is 1. The fourth-order valence-corrected chi connectivity index (χ4v) is 4.37. The number of aryl methyl sites for hydroxylation is 1. The molecule has 0 fully saturated rings. The second-order valence-electron chi connectivity index (χ2n) is 8.60. The third kappa shape index (κ3) is 5.97. The molecule has 0 spiro atoms. The first-order chi connectivity index (χ1) is 17.9. The molecule has 0 atom stereocenters. The fraction of sp³-hybridized carbons (Fsp3) is 0.207. The number of carbonyl (C=O) groups is 1. The lowest BCUT2D eigenvalue weighted by Gasteiger charge is -2.16. The van der Waals surface area contributed by atoms with Crippen LogP contribution in [0.5, 0.6) is 5.75 Å². The molecule has 4 aromatic rings. The van der Waals surface area contributed by atoms with Crippen molar-refractivity contribution in [1.29, 1.82) is 0 Å². The third-order valence-corrected chi connectivity index (χ3v) is 6.45. The second-order valence-corrected chi connectivity index (χ2v) is 8.98. The molecule has 0 aliphatic carbocycles. The first kappa shape index (κ1) is 26.3. The number of hydrogen-bond donors (Lipinski definition) is 3. The maximum absolute atomic E-state index is 12.8. The largest absolute Gasteiger partial charge is 0.496 e. The normalized spacial score (nSPS) is 10.8. The van der Waals surface area contributed by atoms with Gasteiger partial charge in [-0.3, -0.25) is 14.8 Å². The predicted molar refractivity (Wildman–Crippen MR) is 147 cm³/mol. The van der Waals surface area contributed by atoms with Crippen LogP contribution in [0, 0.1) is 13.8 Å². The zero-order chi connectivity index (χ0) is 26.4. The number of aliphatic hydroxyl groups is 1. The van der Waals surface area contributed by atoms with Gasteiger partial charge in [0.2, 0.25) is 0 Å². The monoisotopic (exact) mass is 516 g/mol. The first-order valence-corrected chi connectivity index (χ1v) is 12.3. The molecule has 2 aromatic carbocycles. The summed E-state index contributed by atoms with van der Waals surface area (Å²) in [7, 11) is 1.62. The van der Waals surface area contributed by atoms with Crippen molar-refractivity contribution < 1.29 is 14.6 Å². The van der Waals surface area contributed by atoms with Crippen LogP contribution in [-0.2, 0) is 6.54 Å². The molecule has 8 heteroatoms. The van der Waals surface area contributed by atoms with E-state index in [9.17, 15) is 4.79 Å². The number of methoxy groups -OCH3 is 1. The van der Waals surface area contributed by atoms with Gasteiger partial charge in [-0.15, -0.1) is 0 Å². The molecule has 0 aliphatic heterocycles. The van der Waals surface area contributed by atoms with Crippen molar-refractivity contribution in [3.8, 4) is 28.1 Å². The quantitative estimate of drug-likeness (QED) is 0.257. The lowest BCUT2D eigenvalue weighted by Crippen LogP contribution is -2.17. The number of nitrogens with one attached hydrogen (secondary N) is 2. The Morgan fingerprint density at radius 3 is 2.62 bits per heavy atom. The van der Waals surface area contributed by atoms with E-state index in [2.05, 4.69) is 20.6 Å². The summed E-state index contributed by atoms with van der Waals surface area (Å²) in [6, 6.07) is 17.0. The average Bonchev–Trinajstić information content (AvgIpc) is 2.91. The zero-order valence-electron chi connectivity index (χ0n) is 21.0. The van der Waals surface area contributed by atoms with Crippen molar-refractivity contribution in [1.82, 2.24) is 15.3 Å². The highest BCUT2D eigenvalue weighted by Crippen LogP contribution is 2.39. The van der Waals surface area contributed by atoms with Gasteiger partial charge in [-0.25, -0.2) is 0 Å². The molecule has 4 rings (SSSR count). The summed E-state index contributed by atoms with van der Waals surface area (Å²) < 4.78 is 5.59. The lowest BCUT2D eigenvalue weighted by molar-refractivity contribution is 0.102. The molecule has 0 bridgehead atoms. The van der Waals surface area contributed by atoms with E-state index in [1.54, 1.807) is 25.6 Å². The average molecular weight is 517 g/mol. The van der Waals surface area contributed by atoms with Gasteiger partial charge in [-0.05, 0) is 54.8 Å². The summed E-state index contributed by atoms with van der Waals surface area (Å²) in [5.74, 6) is 0.430. The molecule has 0 radical (unpaired) electrons. The van der Waals surface area contributed by atoms with Crippen LogP contribution < -0.4 is 15.4 Å². The smallest absolute Gasteiger partial charge is 0.274 e. The van der Waals surface area contributed by atoms with Gasteiger partial charge in [0.15, 0.2) is 0 Å². The van der Waals surface area contributed by atoms with E-state index in [1.807, 2.05) is 62.4 Å². The van der Waals surface area contributed by atoms with Crippen LogP contribution in [0.3, 0.4) is 0 Å². The van der Waals surface area contributed by atoms with Gasteiger partial charge in [0.1, 0.15) is 11.4 Å². The Hall–Kier alpha value is -3.78. The number of hydrogen-bond acceptors (Lipinski definition) is 6. The summed E-state index contributed by atoms with van der Waals surface area (Å²) in [6.07, 6.45) is 3.39. The summed E-state index contributed by atoms with van der Waals surface area (Å²) >= 11 is 6.92. The summed E-state index contributed by atoms with van der Waals surface area (Å²) in [6.45, 7) is 5.01. The molecule has 0 unspecified atom stereocenters. The van der Waals surface area contributed by atoms with Crippen molar-refractivity contribution in [2.75, 3.05) is 25.6 Å². The Morgan fingerprint density at radius 2 is 1.89 bits per heavy atom. The van der Waals surface area contributed by atoms with E-state index < -0.39 is 0 Å². The Balaban J connectivity index is 1.65. The topological polar surface area (TPSA) is 96.4 Å². The summed E-state index contributed by atoms with van der Waals surface area (Å²) in [5, 5.41) is 15.6. The number of anilines is 1. The number of aromatic nitrogens is 2. The van der Waals surface area contributed by atoms with Gasteiger partial charge in [-0.1, -0.05) is 41.9 Å². The van der Waals surface area contributed by atoms with E-state index in [1.165, 1.54) is 0 Å². The van der Waals surface area contributed by atoms with E-state index >= 15 is 0 Å². The van der Waals surface area contributed by atoms with Crippen LogP contribution in [0.4, 0.5) is 5.69 Å². The number of nitrogens with zero attached hydrogens (tertiary/aromatic N) is 2. The number of carbonyl (C=O) groups excluding carboxylic acids is 1. The van der Waals surface area contributed by atoms with Crippen LogP contribution in [0.25, 0.3) is 22.4 Å². The number of rotatable bonds is 9. The molecular formula is C29H29ClN4O3. The molecule has 37 heavy (non-hydrogen) atoms. The predicted octanol–water partition coefficient (Wildman–Crippen LogP) is 5.42. The van der Waals surface area contributed by atoms with E-state index in [0.717, 1.165) is 33.4 Å². The van der Waals surface area contributed by atoms with Gasteiger partial charge in [0, 0.05) is 47.9 Å². The van der Waals surface area contributed by atoms with Crippen LogP contribution in [0.2, 0.25) is 5.02 Å². The van der Waals surface area contributed by atoms with Gasteiger partial charge in [0.05, 0.1) is 24.4 Å². The molecule has 3 N–H and O–H groups in total. The second kappa shape index (κ2) is 12.0. The molecule has 1 amide bonds. The minimum absolute atomic E-state index is 0.0693. The molecule has 0 saturated heterocycles. The van der Waals surface area contributed by atoms with Gasteiger partial charge in [0.25, 0.3) is 5.91 Å². The van der Waals surface area contributed by atoms with Crippen LogP contribution in [-0.4, -0.2) is 41.2 Å². The van der Waals surface area contributed by atoms with Crippen molar-refractivity contribution >= 4 is 23.2 Å². The number of benzene rings is 2. The highest BCUT2D eigenvalue weighted by molar-refractivity contribution is 6.35. The minimum Gasteiger partial charge on any atom is -0.496 e. The fourth-order valence-electron chi connectivity index (χ4n) is 4.04. The molecule has 0 saturated carbocycles. The Morgan fingerprint density at radius 1 is 1.05 bits per heavy atom. The number of halogens is 1. The Kier molecular flexibility index (Phi) is 8.50. The first-order valence-electron chi connectivity index (χ1n) is 11.9. The van der Waals surface area contributed by atoms with Crippen LogP contribution in [0.15, 0.2) is 67.0 Å². The van der Waals surface area contributed by atoms with Crippen LogP contribution in [0.1, 0.15) is 27.2 Å². The SMILES string of the molecule is COc1cc(-c2nccc(-c3cccc(NC(=O)c4ccc(C)cn4)c3C)c2Cl)ccc1CNCCO. The molecule has 2 heterocycles. The standard InChI is InChI=1S/C29H29ClN4O3/c1-18-7-10-25(33-16-18)29(36)34-24-6-4-5-22(19(24)2)23-11-12-32-28(27(23)30)20-8-9-21(17-31-13-14-35)26(15-20)37-3/h4-12,15-16,31,35H,13-14,17H2,1-3H3,(H,34,36). The van der Waals surface area contributed by atoms with E-state index in [0.29, 0.717) is 40.9 Å². The van der Waals surface area contributed by atoms with Crippen molar-refractivity contribution in [3.63, 3.8) is 0 Å². The van der Waals surface area contributed by atoms with Gasteiger partial charge >= 0.3 is 0 Å². The number of pyridine rings is 2. The van der Waals surface area contributed by atoms with Gasteiger partial charge in [-0.2, -0.15) is 0 Å². The molecular weight excluding hydrogens is 488 g/mol.